The number of halogens is 2. The van der Waals surface area contributed by atoms with Gasteiger partial charge in [0.1, 0.15) is 0 Å². The fourth-order valence-corrected chi connectivity index (χ4v) is 2.93. The average molecular weight is 378 g/mol. The van der Waals surface area contributed by atoms with E-state index < -0.39 is 5.97 Å². The molecule has 98 valence electrons. The zero-order valence-electron chi connectivity index (χ0n) is 9.77. The zero-order chi connectivity index (χ0) is 13.1. The molecule has 0 aliphatic heterocycles. The van der Waals surface area contributed by atoms with Gasteiger partial charge in [-0.15, -0.1) is 0 Å². The van der Waals surface area contributed by atoms with E-state index in [2.05, 4.69) is 36.8 Å². The quantitative estimate of drug-likeness (QED) is 0.828. The number of rotatable bonds is 6. The first kappa shape index (κ1) is 14.0. The molecule has 0 spiro atoms. The van der Waals surface area contributed by atoms with Gasteiger partial charge in [0.25, 0.3) is 0 Å². The maximum absolute atomic E-state index is 10.9. The van der Waals surface area contributed by atoms with Crippen molar-refractivity contribution in [2.75, 3.05) is 13.1 Å². The van der Waals surface area contributed by atoms with Crippen LogP contribution < -0.4 is 0 Å². The Bertz CT molecular complexity index is 450. The number of aliphatic carboxylic acids is 1. The number of hydrogen-bond donors (Lipinski definition) is 1. The summed E-state index contributed by atoms with van der Waals surface area (Å²) < 4.78 is 1.81. The standard InChI is InChI=1S/C12H14Br2N2O2/c13-9-3-10(14)11(15-4-9)6-16(7-12(17)18)5-8-1-2-8/h3-4,8H,1-2,5-7H2,(H,17,18). The van der Waals surface area contributed by atoms with E-state index in [0.29, 0.717) is 12.5 Å². The van der Waals surface area contributed by atoms with Crippen LogP contribution in [0.1, 0.15) is 18.5 Å². The van der Waals surface area contributed by atoms with Crippen LogP contribution in [0.5, 0.6) is 0 Å². The summed E-state index contributed by atoms with van der Waals surface area (Å²) in [5.74, 6) is -0.123. The number of pyridine rings is 1. The summed E-state index contributed by atoms with van der Waals surface area (Å²) >= 11 is 6.81. The van der Waals surface area contributed by atoms with Crippen molar-refractivity contribution in [2.24, 2.45) is 5.92 Å². The van der Waals surface area contributed by atoms with Crippen LogP contribution in [0.2, 0.25) is 0 Å². The molecule has 1 aromatic heterocycles. The van der Waals surface area contributed by atoms with Crippen LogP contribution in [0.4, 0.5) is 0 Å². The first-order valence-corrected chi connectivity index (χ1v) is 7.37. The molecular formula is C12H14Br2N2O2. The van der Waals surface area contributed by atoms with Crippen molar-refractivity contribution in [3.63, 3.8) is 0 Å². The third-order valence-electron chi connectivity index (χ3n) is 2.83. The highest BCUT2D eigenvalue weighted by atomic mass is 79.9. The van der Waals surface area contributed by atoms with Crippen LogP contribution in [-0.4, -0.2) is 34.0 Å². The molecule has 1 saturated carbocycles. The fraction of sp³-hybridized carbons (Fsp3) is 0.500. The summed E-state index contributed by atoms with van der Waals surface area (Å²) in [6.45, 7) is 1.48. The molecule has 1 heterocycles. The highest BCUT2D eigenvalue weighted by Gasteiger charge is 2.25. The SMILES string of the molecule is O=C(O)CN(Cc1ncc(Br)cc1Br)CC1CC1. The third kappa shape index (κ3) is 4.33. The summed E-state index contributed by atoms with van der Waals surface area (Å²) in [6.07, 6.45) is 4.16. The second-order valence-corrected chi connectivity index (χ2v) is 6.36. The van der Waals surface area contributed by atoms with Crippen LogP contribution in [-0.2, 0) is 11.3 Å². The lowest BCUT2D eigenvalue weighted by Crippen LogP contribution is -2.31. The van der Waals surface area contributed by atoms with Gasteiger partial charge in [-0.05, 0) is 56.7 Å². The van der Waals surface area contributed by atoms with Gasteiger partial charge in [-0.25, -0.2) is 0 Å². The number of carboxylic acids is 1. The molecular weight excluding hydrogens is 364 g/mol. The van der Waals surface area contributed by atoms with Crippen molar-refractivity contribution in [1.29, 1.82) is 0 Å². The second-order valence-electron chi connectivity index (χ2n) is 4.59. The monoisotopic (exact) mass is 376 g/mol. The molecule has 0 radical (unpaired) electrons. The van der Waals surface area contributed by atoms with Crippen LogP contribution in [0, 0.1) is 5.92 Å². The van der Waals surface area contributed by atoms with Crippen molar-refractivity contribution in [3.8, 4) is 0 Å². The van der Waals surface area contributed by atoms with Gasteiger partial charge < -0.3 is 5.11 Å². The van der Waals surface area contributed by atoms with Gasteiger partial charge in [-0.3, -0.25) is 14.7 Å². The van der Waals surface area contributed by atoms with Gasteiger partial charge in [0.2, 0.25) is 0 Å². The largest absolute Gasteiger partial charge is 0.480 e. The van der Waals surface area contributed by atoms with Crippen molar-refractivity contribution in [2.45, 2.75) is 19.4 Å². The van der Waals surface area contributed by atoms with Crippen LogP contribution in [0.15, 0.2) is 21.2 Å². The number of carboxylic acid groups (broad SMARTS) is 1. The molecule has 6 heteroatoms. The van der Waals surface area contributed by atoms with Gasteiger partial charge in [0.15, 0.2) is 0 Å². The van der Waals surface area contributed by atoms with Crippen molar-refractivity contribution < 1.29 is 9.90 Å². The molecule has 1 aliphatic rings. The predicted octanol–water partition coefficient (Wildman–Crippen LogP) is 2.90. The Hall–Kier alpha value is -0.460. The van der Waals surface area contributed by atoms with Crippen LogP contribution >= 0.6 is 31.9 Å². The smallest absolute Gasteiger partial charge is 0.317 e. The Labute approximate surface area is 123 Å². The van der Waals surface area contributed by atoms with E-state index in [1.54, 1.807) is 6.20 Å². The summed E-state index contributed by atoms with van der Waals surface area (Å²) in [7, 11) is 0. The highest BCUT2D eigenvalue weighted by Crippen LogP contribution is 2.30. The molecule has 4 nitrogen and oxygen atoms in total. The molecule has 1 aliphatic carbocycles. The summed E-state index contributed by atoms with van der Waals surface area (Å²) in [4.78, 5) is 17.1. The minimum Gasteiger partial charge on any atom is -0.480 e. The third-order valence-corrected chi connectivity index (χ3v) is 3.95. The maximum atomic E-state index is 10.9. The topological polar surface area (TPSA) is 53.4 Å². The Balaban J connectivity index is 2.03. The Morgan fingerprint density at radius 3 is 2.78 bits per heavy atom. The number of nitrogens with zero attached hydrogens (tertiary/aromatic N) is 2. The Kier molecular flexibility index (Phi) is 4.75. The van der Waals surface area contributed by atoms with E-state index in [-0.39, 0.29) is 6.54 Å². The average Bonchev–Trinajstić information content (AvgIpc) is 3.05. The first-order valence-electron chi connectivity index (χ1n) is 5.78. The summed E-state index contributed by atoms with van der Waals surface area (Å²) in [5, 5.41) is 8.93. The second kappa shape index (κ2) is 6.12. The Morgan fingerprint density at radius 1 is 1.50 bits per heavy atom. The maximum Gasteiger partial charge on any atom is 0.317 e. The van der Waals surface area contributed by atoms with Crippen molar-refractivity contribution in [1.82, 2.24) is 9.88 Å². The van der Waals surface area contributed by atoms with E-state index in [1.807, 2.05) is 11.0 Å². The molecule has 0 unspecified atom stereocenters. The normalized spacial score (nSPS) is 15.1. The molecule has 18 heavy (non-hydrogen) atoms. The van der Waals surface area contributed by atoms with E-state index in [0.717, 1.165) is 21.2 Å². The lowest BCUT2D eigenvalue weighted by atomic mass is 10.3. The van der Waals surface area contributed by atoms with E-state index in [1.165, 1.54) is 12.8 Å². The van der Waals surface area contributed by atoms with Gasteiger partial charge in [-0.2, -0.15) is 0 Å². The van der Waals surface area contributed by atoms with Crippen LogP contribution in [0.3, 0.4) is 0 Å². The van der Waals surface area contributed by atoms with Gasteiger partial charge >= 0.3 is 5.97 Å². The van der Waals surface area contributed by atoms with Gasteiger partial charge in [0.05, 0.1) is 12.2 Å². The van der Waals surface area contributed by atoms with Crippen LogP contribution in [0.25, 0.3) is 0 Å². The predicted molar refractivity (Wildman–Crippen MR) is 75.3 cm³/mol. The molecule has 1 aromatic rings. The fourth-order valence-electron chi connectivity index (χ4n) is 1.81. The van der Waals surface area contributed by atoms with Crippen molar-refractivity contribution in [3.05, 3.63) is 26.9 Å². The number of carbonyl (C=O) groups is 1. The van der Waals surface area contributed by atoms with E-state index in [9.17, 15) is 4.79 Å². The lowest BCUT2D eigenvalue weighted by Gasteiger charge is -2.20. The molecule has 1 N–H and O–H groups in total. The van der Waals surface area contributed by atoms with E-state index in [4.69, 9.17) is 5.11 Å². The lowest BCUT2D eigenvalue weighted by molar-refractivity contribution is -0.138. The van der Waals surface area contributed by atoms with Gasteiger partial charge in [-0.1, -0.05) is 0 Å². The molecule has 0 saturated heterocycles. The highest BCUT2D eigenvalue weighted by molar-refractivity contribution is 9.11. The zero-order valence-corrected chi connectivity index (χ0v) is 12.9. The summed E-state index contributed by atoms with van der Waals surface area (Å²) in [6, 6.07) is 1.93. The molecule has 1 fully saturated rings. The molecule has 0 atom stereocenters. The van der Waals surface area contributed by atoms with Gasteiger partial charge in [0, 0.05) is 28.2 Å². The van der Waals surface area contributed by atoms with E-state index >= 15 is 0 Å². The first-order chi connectivity index (χ1) is 8.54. The summed E-state index contributed by atoms with van der Waals surface area (Å²) in [5.41, 5.74) is 0.875. The number of hydrogen-bond acceptors (Lipinski definition) is 3. The molecule has 0 aromatic carbocycles. The molecule has 2 rings (SSSR count). The minimum atomic E-state index is -0.788. The number of aromatic nitrogens is 1. The minimum absolute atomic E-state index is 0.0701. The Morgan fingerprint density at radius 2 is 2.22 bits per heavy atom. The van der Waals surface area contributed by atoms with Crippen molar-refractivity contribution >= 4 is 37.8 Å². The molecule has 0 amide bonds. The molecule has 0 bridgehead atoms.